The lowest BCUT2D eigenvalue weighted by Gasteiger charge is -2.25. The molecule has 2 heterocycles. The lowest BCUT2D eigenvalue weighted by molar-refractivity contribution is -0.117. The van der Waals surface area contributed by atoms with Gasteiger partial charge in [0.15, 0.2) is 0 Å². The number of amides is 1. The summed E-state index contributed by atoms with van der Waals surface area (Å²) in [6, 6.07) is 13.7. The topological polar surface area (TPSA) is 52.6 Å². The van der Waals surface area contributed by atoms with Crippen LogP contribution in [0.1, 0.15) is 30.2 Å². The summed E-state index contributed by atoms with van der Waals surface area (Å²) in [5.41, 5.74) is 0.826. The zero-order chi connectivity index (χ0) is 16.1. The molecule has 0 spiro atoms. The van der Waals surface area contributed by atoms with Crippen LogP contribution in [-0.4, -0.2) is 35.0 Å². The van der Waals surface area contributed by atoms with Crippen LogP contribution < -0.4 is 5.32 Å². The number of likely N-dealkylation sites (tertiary alicyclic amines) is 1. The number of anilines is 1. The zero-order valence-electron chi connectivity index (χ0n) is 13.0. The van der Waals surface area contributed by atoms with Crippen molar-refractivity contribution in [1.82, 2.24) is 4.90 Å². The number of nitrogens with zero attached hydrogens (tertiary/aromatic N) is 1. The Kier molecular flexibility index (Phi) is 5.43. The SMILES string of the molecule is O=C(CN1CCC[C@H]1C[C@@H](O)c1cccs1)Nc1ccccc1. The molecule has 1 fully saturated rings. The van der Waals surface area contributed by atoms with E-state index < -0.39 is 6.10 Å². The highest BCUT2D eigenvalue weighted by Crippen LogP contribution is 2.29. The van der Waals surface area contributed by atoms with Gasteiger partial charge in [-0.2, -0.15) is 0 Å². The van der Waals surface area contributed by atoms with Gasteiger partial charge in [0.2, 0.25) is 5.91 Å². The van der Waals surface area contributed by atoms with Gasteiger partial charge in [0.25, 0.3) is 0 Å². The van der Waals surface area contributed by atoms with Gasteiger partial charge in [0.1, 0.15) is 0 Å². The molecule has 1 amide bonds. The van der Waals surface area contributed by atoms with Crippen LogP contribution in [0.15, 0.2) is 47.8 Å². The molecule has 4 nitrogen and oxygen atoms in total. The largest absolute Gasteiger partial charge is 0.388 e. The molecule has 2 aromatic rings. The number of aliphatic hydroxyl groups is 1. The van der Waals surface area contributed by atoms with Crippen molar-refractivity contribution >= 4 is 22.9 Å². The molecule has 5 heteroatoms. The highest BCUT2D eigenvalue weighted by Gasteiger charge is 2.28. The second-order valence-electron chi connectivity index (χ2n) is 5.95. The molecule has 3 rings (SSSR count). The molecule has 1 aliphatic heterocycles. The van der Waals surface area contributed by atoms with Crippen molar-refractivity contribution < 1.29 is 9.90 Å². The summed E-state index contributed by atoms with van der Waals surface area (Å²) in [6.07, 6.45) is 2.39. The first kappa shape index (κ1) is 16.2. The summed E-state index contributed by atoms with van der Waals surface area (Å²) in [5, 5.41) is 15.3. The Hall–Kier alpha value is -1.69. The summed E-state index contributed by atoms with van der Waals surface area (Å²) in [5.74, 6) is 0.00807. The van der Waals surface area contributed by atoms with Crippen LogP contribution in [0.3, 0.4) is 0 Å². The van der Waals surface area contributed by atoms with E-state index in [1.54, 1.807) is 11.3 Å². The minimum atomic E-state index is -0.433. The Morgan fingerprint density at radius 1 is 1.30 bits per heavy atom. The lowest BCUT2D eigenvalue weighted by atomic mass is 10.1. The van der Waals surface area contributed by atoms with Crippen molar-refractivity contribution in [3.8, 4) is 0 Å². The summed E-state index contributed by atoms with van der Waals surface area (Å²) in [6.45, 7) is 1.31. The molecule has 0 radical (unpaired) electrons. The number of carbonyl (C=O) groups is 1. The standard InChI is InChI=1S/C18H22N2O2S/c21-16(17-9-5-11-23-17)12-15-8-4-10-20(15)13-18(22)19-14-6-2-1-3-7-14/h1-3,5-7,9,11,15-16,21H,4,8,10,12-13H2,(H,19,22)/t15-,16+/m0/s1. The number of para-hydroxylation sites is 1. The minimum Gasteiger partial charge on any atom is -0.388 e. The second kappa shape index (κ2) is 7.73. The van der Waals surface area contributed by atoms with Crippen molar-refractivity contribution in [3.63, 3.8) is 0 Å². The van der Waals surface area contributed by atoms with Crippen molar-refractivity contribution in [2.24, 2.45) is 0 Å². The van der Waals surface area contributed by atoms with E-state index in [-0.39, 0.29) is 11.9 Å². The zero-order valence-corrected chi connectivity index (χ0v) is 13.8. The number of benzene rings is 1. The Balaban J connectivity index is 1.53. The fraction of sp³-hybridized carbons (Fsp3) is 0.389. The maximum Gasteiger partial charge on any atom is 0.238 e. The Morgan fingerprint density at radius 3 is 2.87 bits per heavy atom. The monoisotopic (exact) mass is 330 g/mol. The molecule has 0 aliphatic carbocycles. The van der Waals surface area contributed by atoms with Crippen LogP contribution >= 0.6 is 11.3 Å². The highest BCUT2D eigenvalue weighted by atomic mass is 32.1. The molecule has 1 aromatic heterocycles. The Bertz CT molecular complexity index is 615. The van der Waals surface area contributed by atoms with Crippen LogP contribution in [0.5, 0.6) is 0 Å². The van der Waals surface area contributed by atoms with Crippen LogP contribution in [-0.2, 0) is 4.79 Å². The fourth-order valence-electron chi connectivity index (χ4n) is 3.13. The first-order valence-corrected chi connectivity index (χ1v) is 8.91. The molecule has 0 unspecified atom stereocenters. The summed E-state index contributed by atoms with van der Waals surface area (Å²) in [7, 11) is 0. The summed E-state index contributed by atoms with van der Waals surface area (Å²) in [4.78, 5) is 15.4. The number of hydrogen-bond donors (Lipinski definition) is 2. The number of thiophene rings is 1. The number of aliphatic hydroxyl groups excluding tert-OH is 1. The number of hydrogen-bond acceptors (Lipinski definition) is 4. The van der Waals surface area contributed by atoms with E-state index in [4.69, 9.17) is 0 Å². The van der Waals surface area contributed by atoms with Gasteiger partial charge in [-0.05, 0) is 49.4 Å². The van der Waals surface area contributed by atoms with E-state index in [1.165, 1.54) is 0 Å². The second-order valence-corrected chi connectivity index (χ2v) is 6.93. The molecule has 2 atom stereocenters. The van der Waals surface area contributed by atoms with E-state index in [0.717, 1.165) is 30.0 Å². The fourth-order valence-corrected chi connectivity index (χ4v) is 3.86. The van der Waals surface area contributed by atoms with Crippen molar-refractivity contribution in [3.05, 3.63) is 52.7 Å². The third kappa shape index (κ3) is 4.41. The maximum absolute atomic E-state index is 12.2. The van der Waals surface area contributed by atoms with Crippen LogP contribution in [0.25, 0.3) is 0 Å². The summed E-state index contributed by atoms with van der Waals surface area (Å²) < 4.78 is 0. The molecule has 23 heavy (non-hydrogen) atoms. The smallest absolute Gasteiger partial charge is 0.238 e. The molecular weight excluding hydrogens is 308 g/mol. The molecular formula is C18H22N2O2S. The van der Waals surface area contributed by atoms with E-state index >= 15 is 0 Å². The highest BCUT2D eigenvalue weighted by molar-refractivity contribution is 7.10. The van der Waals surface area contributed by atoms with Gasteiger partial charge in [-0.3, -0.25) is 9.69 Å². The minimum absolute atomic E-state index is 0.00807. The molecule has 0 saturated carbocycles. The lowest BCUT2D eigenvalue weighted by Crippen LogP contribution is -2.37. The maximum atomic E-state index is 12.2. The average Bonchev–Trinajstić information content (AvgIpc) is 3.21. The average molecular weight is 330 g/mol. The molecule has 1 aliphatic rings. The van der Waals surface area contributed by atoms with E-state index in [2.05, 4.69) is 10.2 Å². The van der Waals surface area contributed by atoms with Crippen LogP contribution in [0.4, 0.5) is 5.69 Å². The quantitative estimate of drug-likeness (QED) is 0.855. The predicted molar refractivity (Wildman–Crippen MR) is 93.6 cm³/mol. The molecule has 0 bridgehead atoms. The van der Waals surface area contributed by atoms with Gasteiger partial charge >= 0.3 is 0 Å². The first-order chi connectivity index (χ1) is 11.2. The Labute approximate surface area is 140 Å². The van der Waals surface area contributed by atoms with E-state index in [1.807, 2.05) is 47.8 Å². The number of nitrogens with one attached hydrogen (secondary N) is 1. The van der Waals surface area contributed by atoms with Gasteiger partial charge in [0, 0.05) is 16.6 Å². The van der Waals surface area contributed by atoms with Crippen molar-refractivity contribution in [2.75, 3.05) is 18.4 Å². The van der Waals surface area contributed by atoms with Crippen LogP contribution in [0, 0.1) is 0 Å². The third-order valence-corrected chi connectivity index (χ3v) is 5.24. The number of carbonyl (C=O) groups excluding carboxylic acids is 1. The number of rotatable bonds is 6. The van der Waals surface area contributed by atoms with Gasteiger partial charge in [0.05, 0.1) is 12.6 Å². The first-order valence-electron chi connectivity index (χ1n) is 8.03. The van der Waals surface area contributed by atoms with Gasteiger partial charge < -0.3 is 10.4 Å². The van der Waals surface area contributed by atoms with E-state index in [0.29, 0.717) is 13.0 Å². The van der Waals surface area contributed by atoms with Crippen molar-refractivity contribution in [2.45, 2.75) is 31.4 Å². The van der Waals surface area contributed by atoms with Crippen LogP contribution in [0.2, 0.25) is 0 Å². The van der Waals surface area contributed by atoms with Gasteiger partial charge in [-0.15, -0.1) is 11.3 Å². The molecule has 2 N–H and O–H groups in total. The predicted octanol–water partition coefficient (Wildman–Crippen LogP) is 3.27. The molecule has 1 saturated heterocycles. The normalized spacial score (nSPS) is 19.6. The molecule has 1 aromatic carbocycles. The van der Waals surface area contributed by atoms with Gasteiger partial charge in [-0.25, -0.2) is 0 Å². The van der Waals surface area contributed by atoms with E-state index in [9.17, 15) is 9.90 Å². The third-order valence-electron chi connectivity index (χ3n) is 4.27. The van der Waals surface area contributed by atoms with Crippen molar-refractivity contribution in [1.29, 1.82) is 0 Å². The van der Waals surface area contributed by atoms with Gasteiger partial charge in [-0.1, -0.05) is 24.3 Å². The molecule has 122 valence electrons. The summed E-state index contributed by atoms with van der Waals surface area (Å²) >= 11 is 1.58. The Morgan fingerprint density at radius 2 is 2.13 bits per heavy atom.